The van der Waals surface area contributed by atoms with Crippen LogP contribution in [-0.2, 0) is 25.5 Å². The van der Waals surface area contributed by atoms with Crippen molar-refractivity contribution < 1.29 is 24.2 Å². The van der Waals surface area contributed by atoms with Gasteiger partial charge in [-0.3, -0.25) is 4.79 Å². The van der Waals surface area contributed by atoms with Gasteiger partial charge in [0.1, 0.15) is 0 Å². The van der Waals surface area contributed by atoms with Gasteiger partial charge in [0.2, 0.25) is 0 Å². The van der Waals surface area contributed by atoms with E-state index in [1.807, 2.05) is 30.3 Å². The Hall–Kier alpha value is -2.17. The van der Waals surface area contributed by atoms with E-state index in [9.17, 15) is 14.4 Å². The molecule has 0 aliphatic heterocycles. The molecule has 0 saturated heterocycles. The molecule has 0 amide bonds. The van der Waals surface area contributed by atoms with E-state index in [4.69, 9.17) is 5.11 Å². The molecule has 0 saturated carbocycles. The van der Waals surface area contributed by atoms with Crippen LogP contribution >= 0.6 is 0 Å². The maximum Gasteiger partial charge on any atom is 0.386 e. The summed E-state index contributed by atoms with van der Waals surface area (Å²) >= 11 is 0. The van der Waals surface area contributed by atoms with Crippen LogP contribution in [0.5, 0.6) is 0 Å². The molecule has 0 aromatic heterocycles. The monoisotopic (exact) mass is 236 g/mol. The molecule has 0 atom stereocenters. The fraction of sp³-hybridized carbons (Fsp3) is 0.250. The maximum atomic E-state index is 10.8. The Labute approximate surface area is 98.0 Å². The van der Waals surface area contributed by atoms with Crippen LogP contribution in [0, 0.1) is 0 Å². The number of carboxylic acid groups (broad SMARTS) is 1. The highest BCUT2D eigenvalue weighted by molar-refractivity contribution is 6.59. The quantitative estimate of drug-likeness (QED) is 0.342. The fourth-order valence-corrected chi connectivity index (χ4v) is 1.24. The van der Waals surface area contributed by atoms with Crippen LogP contribution in [0.25, 0.3) is 0 Å². The van der Waals surface area contributed by atoms with Crippen molar-refractivity contribution in [2.45, 2.75) is 12.8 Å². The number of carboxylic acids is 1. The highest BCUT2D eigenvalue weighted by Gasteiger charge is 2.23. The lowest BCUT2D eigenvalue weighted by molar-refractivity contribution is -0.162. The zero-order chi connectivity index (χ0) is 12.7. The van der Waals surface area contributed by atoms with Crippen molar-refractivity contribution in [3.63, 3.8) is 0 Å². The number of rotatable bonds is 6. The Balaban J connectivity index is 2.23. The van der Waals surface area contributed by atoms with E-state index in [1.165, 1.54) is 0 Å². The van der Waals surface area contributed by atoms with Crippen LogP contribution in [0.3, 0.4) is 0 Å². The Morgan fingerprint density at radius 1 is 1.12 bits per heavy atom. The lowest BCUT2D eigenvalue weighted by atomic mass is 10.1. The van der Waals surface area contributed by atoms with Gasteiger partial charge in [-0.2, -0.15) is 0 Å². The van der Waals surface area contributed by atoms with Gasteiger partial charge in [-0.1, -0.05) is 30.3 Å². The number of aliphatic carboxylic acids is 1. The molecule has 0 fully saturated rings. The second kappa shape index (κ2) is 6.42. The molecule has 0 aliphatic rings. The summed E-state index contributed by atoms with van der Waals surface area (Å²) in [6.07, 6.45) is 1.25. The van der Waals surface area contributed by atoms with Gasteiger partial charge < -0.3 is 9.84 Å². The number of aryl methyl sites for hydroxylation is 1. The van der Waals surface area contributed by atoms with E-state index in [0.29, 0.717) is 12.8 Å². The van der Waals surface area contributed by atoms with Crippen molar-refractivity contribution >= 4 is 17.7 Å². The topological polar surface area (TPSA) is 80.7 Å². The fourth-order valence-electron chi connectivity index (χ4n) is 1.24. The molecule has 1 aromatic carbocycles. The number of Topliss-reactive ketones (excluding diaryl/α,β-unsaturated/α-hetero) is 1. The summed E-state index contributed by atoms with van der Waals surface area (Å²) in [6, 6.07) is 9.56. The number of hydrogen-bond acceptors (Lipinski definition) is 4. The van der Waals surface area contributed by atoms with Gasteiger partial charge in [0.15, 0.2) is 0 Å². The summed E-state index contributed by atoms with van der Waals surface area (Å²) in [6.45, 7) is 0.0345. The molecule has 0 radical (unpaired) electrons. The van der Waals surface area contributed by atoms with Crippen LogP contribution in [0.4, 0.5) is 0 Å². The molecule has 1 rings (SSSR count). The number of esters is 1. The zero-order valence-electron chi connectivity index (χ0n) is 9.09. The molecule has 0 bridgehead atoms. The molecular formula is C12H12O5. The number of ketones is 1. The number of carbonyl (C=O) groups is 3. The lowest BCUT2D eigenvalue weighted by Crippen LogP contribution is -2.25. The van der Waals surface area contributed by atoms with Crippen molar-refractivity contribution in [1.82, 2.24) is 0 Å². The van der Waals surface area contributed by atoms with Crippen LogP contribution in [0.2, 0.25) is 0 Å². The summed E-state index contributed by atoms with van der Waals surface area (Å²) < 4.78 is 4.52. The first-order valence-electron chi connectivity index (χ1n) is 5.09. The first kappa shape index (κ1) is 12.9. The van der Waals surface area contributed by atoms with E-state index >= 15 is 0 Å². The Bertz CT molecular complexity index is 410. The van der Waals surface area contributed by atoms with E-state index in [1.54, 1.807) is 0 Å². The highest BCUT2D eigenvalue weighted by Crippen LogP contribution is 2.02. The Morgan fingerprint density at radius 3 is 2.35 bits per heavy atom. The first-order valence-corrected chi connectivity index (χ1v) is 5.09. The predicted molar refractivity (Wildman–Crippen MR) is 58.4 cm³/mol. The number of hydrogen-bond donors (Lipinski definition) is 1. The van der Waals surface area contributed by atoms with Gasteiger partial charge in [0, 0.05) is 0 Å². The van der Waals surface area contributed by atoms with Gasteiger partial charge in [-0.05, 0) is 18.4 Å². The molecule has 0 aliphatic carbocycles. The summed E-state index contributed by atoms with van der Waals surface area (Å²) in [7, 11) is 0. The number of benzene rings is 1. The number of ether oxygens (including phenoxy) is 1. The SMILES string of the molecule is O=C(O)C(=O)C(=O)OCCCc1ccccc1. The van der Waals surface area contributed by atoms with E-state index < -0.39 is 17.7 Å². The Kier molecular flexibility index (Phi) is 4.87. The van der Waals surface area contributed by atoms with Crippen molar-refractivity contribution in [2.24, 2.45) is 0 Å². The summed E-state index contributed by atoms with van der Waals surface area (Å²) in [5.41, 5.74) is 1.09. The van der Waals surface area contributed by atoms with E-state index in [2.05, 4.69) is 4.74 Å². The molecule has 0 spiro atoms. The molecule has 17 heavy (non-hydrogen) atoms. The minimum atomic E-state index is -1.79. The molecule has 0 heterocycles. The van der Waals surface area contributed by atoms with Crippen LogP contribution < -0.4 is 0 Å². The smallest absolute Gasteiger partial charge is 0.386 e. The van der Waals surface area contributed by atoms with E-state index in [-0.39, 0.29) is 6.61 Å². The van der Waals surface area contributed by atoms with Crippen LogP contribution in [-0.4, -0.2) is 29.4 Å². The molecule has 1 N–H and O–H groups in total. The van der Waals surface area contributed by atoms with Crippen molar-refractivity contribution in [2.75, 3.05) is 6.61 Å². The third-order valence-electron chi connectivity index (χ3n) is 2.07. The second-order valence-corrected chi connectivity index (χ2v) is 3.36. The van der Waals surface area contributed by atoms with Crippen LogP contribution in [0.15, 0.2) is 30.3 Å². The van der Waals surface area contributed by atoms with Gasteiger partial charge in [-0.15, -0.1) is 0 Å². The standard InChI is InChI=1S/C12H12O5/c13-10(11(14)15)12(16)17-8-4-7-9-5-2-1-3-6-9/h1-3,5-6H,4,7-8H2,(H,14,15). The maximum absolute atomic E-state index is 10.8. The molecule has 1 aromatic rings. The van der Waals surface area contributed by atoms with Crippen molar-refractivity contribution in [1.29, 1.82) is 0 Å². The minimum Gasteiger partial charge on any atom is -0.475 e. The highest BCUT2D eigenvalue weighted by atomic mass is 16.5. The van der Waals surface area contributed by atoms with Crippen molar-refractivity contribution in [3.05, 3.63) is 35.9 Å². The predicted octanol–water partition coefficient (Wildman–Crippen LogP) is 0.816. The van der Waals surface area contributed by atoms with Gasteiger partial charge in [0.05, 0.1) is 6.61 Å². The number of carbonyl (C=O) groups excluding carboxylic acids is 2. The summed E-state index contributed by atoms with van der Waals surface area (Å²) in [4.78, 5) is 31.6. The van der Waals surface area contributed by atoms with Gasteiger partial charge in [0.25, 0.3) is 0 Å². The van der Waals surface area contributed by atoms with Gasteiger partial charge in [-0.25, -0.2) is 9.59 Å². The average Bonchev–Trinajstić information content (AvgIpc) is 2.34. The first-order chi connectivity index (χ1) is 8.11. The van der Waals surface area contributed by atoms with Gasteiger partial charge >= 0.3 is 17.7 Å². The third kappa shape index (κ3) is 4.46. The molecule has 0 unspecified atom stereocenters. The molecular weight excluding hydrogens is 224 g/mol. The van der Waals surface area contributed by atoms with Crippen molar-refractivity contribution in [3.8, 4) is 0 Å². The average molecular weight is 236 g/mol. The molecule has 5 heteroatoms. The second-order valence-electron chi connectivity index (χ2n) is 3.36. The lowest BCUT2D eigenvalue weighted by Gasteiger charge is -2.02. The normalized spacial score (nSPS) is 9.65. The molecule has 90 valence electrons. The molecule has 5 nitrogen and oxygen atoms in total. The minimum absolute atomic E-state index is 0.0345. The van der Waals surface area contributed by atoms with E-state index in [0.717, 1.165) is 5.56 Å². The van der Waals surface area contributed by atoms with Crippen LogP contribution in [0.1, 0.15) is 12.0 Å². The Morgan fingerprint density at radius 2 is 1.76 bits per heavy atom. The third-order valence-corrected chi connectivity index (χ3v) is 2.07. The largest absolute Gasteiger partial charge is 0.475 e. The summed E-state index contributed by atoms with van der Waals surface area (Å²) in [5, 5.41) is 8.24. The summed E-state index contributed by atoms with van der Waals surface area (Å²) in [5.74, 6) is -4.65. The zero-order valence-corrected chi connectivity index (χ0v) is 9.09.